The van der Waals surface area contributed by atoms with E-state index in [2.05, 4.69) is 123 Å². The minimum Gasteiger partial charge on any atom is -0.484 e. The van der Waals surface area contributed by atoms with E-state index in [-0.39, 0.29) is 53.9 Å². The number of fused-ring (bicyclic) bond motifs is 8. The highest BCUT2D eigenvalue weighted by atomic mass is 16.5. The van der Waals surface area contributed by atoms with Crippen LogP contribution >= 0.6 is 0 Å². The van der Waals surface area contributed by atoms with Crippen molar-refractivity contribution in [2.45, 2.75) is 318 Å². The van der Waals surface area contributed by atoms with Crippen molar-refractivity contribution in [3.63, 3.8) is 0 Å². The topological polar surface area (TPSA) is 368 Å². The molecule has 0 spiro atoms. The number of hydrogen-bond acceptors (Lipinski definition) is 19. The molecule has 10 saturated carbocycles. The normalized spacial score (nSPS) is 18.6. The predicted molar refractivity (Wildman–Crippen MR) is 558 cm³/mol. The van der Waals surface area contributed by atoms with E-state index < -0.39 is 0 Å². The number of anilines is 6. The van der Waals surface area contributed by atoms with Crippen LogP contribution in [0.2, 0.25) is 0 Å². The van der Waals surface area contributed by atoms with Gasteiger partial charge < -0.3 is 4.74 Å². The molecule has 6 N–H and O–H groups in total. The third kappa shape index (κ3) is 22.5. The number of imidazole rings is 6. The van der Waals surface area contributed by atoms with Crippen LogP contribution in [0.4, 0.5) is 35.7 Å². The summed E-state index contributed by atoms with van der Waals surface area (Å²) in [7, 11) is 0. The van der Waals surface area contributed by atoms with Crippen LogP contribution in [0, 0.1) is 82.5 Å². The molecule has 10 fully saturated rings. The number of benzene rings is 2. The van der Waals surface area contributed by atoms with E-state index >= 15 is 0 Å². The monoisotopic (exact) mass is 1920 g/mol. The summed E-state index contributed by atoms with van der Waals surface area (Å²) in [5, 5.41) is 18.1. The van der Waals surface area contributed by atoms with Crippen LogP contribution < -0.4 is 36.6 Å². The lowest BCUT2D eigenvalue weighted by atomic mass is 9.45. The number of carbonyl (C=O) groups excluding carboxylic acids is 6. The second-order valence-electron chi connectivity index (χ2n) is 42.4. The maximum Gasteiger partial charge on any atom is 0.264 e. The van der Waals surface area contributed by atoms with Crippen LogP contribution in [0.1, 0.15) is 317 Å². The van der Waals surface area contributed by atoms with Crippen LogP contribution in [0.15, 0.2) is 133 Å². The molecule has 12 aromatic heterocycles. The molecule has 0 radical (unpaired) electrons. The number of nitrogens with zero attached hydrogens (tertiary/aromatic N) is 18. The summed E-state index contributed by atoms with van der Waals surface area (Å²) in [6.45, 7) is 26.4. The summed E-state index contributed by atoms with van der Waals surface area (Å²) in [6.07, 6.45) is 32.6. The van der Waals surface area contributed by atoms with E-state index in [1.807, 2.05) is 210 Å². The summed E-state index contributed by atoms with van der Waals surface area (Å²) in [4.78, 5) is 130. The van der Waals surface area contributed by atoms with Crippen molar-refractivity contribution in [2.24, 2.45) is 40.9 Å². The molecule has 10 aliphatic carbocycles. The minimum atomic E-state index is -0.231. The lowest BCUT2D eigenvalue weighted by molar-refractivity contribution is -0.129. The number of nitrogens with one attached hydrogen (secondary N) is 6. The van der Waals surface area contributed by atoms with E-state index in [0.29, 0.717) is 126 Å². The molecule has 2 aromatic carbocycles. The van der Waals surface area contributed by atoms with Gasteiger partial charge in [-0.2, -0.15) is 0 Å². The third-order valence-electron chi connectivity index (χ3n) is 30.7. The van der Waals surface area contributed by atoms with Crippen molar-refractivity contribution in [1.29, 1.82) is 0 Å². The molecule has 4 unspecified atom stereocenters. The highest BCUT2D eigenvalue weighted by molar-refractivity contribution is 5.97. The van der Waals surface area contributed by atoms with Crippen molar-refractivity contribution >= 4 is 138 Å². The first-order chi connectivity index (χ1) is 68.6. The fraction of sp³-hybridized carbons (Fsp3) is 0.514. The number of ether oxygens (including phenoxy) is 1. The number of pyridine rings is 6. The first-order valence-electron chi connectivity index (χ1n) is 52.3. The van der Waals surface area contributed by atoms with Gasteiger partial charge in [-0.05, 0) is 322 Å². The quantitative estimate of drug-likeness (QED) is 0.0327. The van der Waals surface area contributed by atoms with Gasteiger partial charge in [-0.25, -0.2) is 59.8 Å². The number of aromatic nitrogens is 18. The predicted octanol–water partition coefficient (Wildman–Crippen LogP) is 23.4. The van der Waals surface area contributed by atoms with Crippen molar-refractivity contribution in [3.05, 3.63) is 173 Å². The van der Waals surface area contributed by atoms with Gasteiger partial charge in [-0.15, -0.1) is 0 Å². The van der Waals surface area contributed by atoms with Crippen LogP contribution in [0.25, 0.3) is 67.0 Å². The number of hydrogen-bond donors (Lipinski definition) is 6. The van der Waals surface area contributed by atoms with Crippen LogP contribution in [0.5, 0.6) is 5.75 Å². The molecule has 4 atom stereocenters. The van der Waals surface area contributed by atoms with Gasteiger partial charge >= 0.3 is 0 Å². The zero-order valence-electron chi connectivity index (χ0n) is 84.8. The van der Waals surface area contributed by atoms with Gasteiger partial charge in [0, 0.05) is 95.6 Å². The molecule has 0 saturated heterocycles. The lowest BCUT2D eigenvalue weighted by Crippen LogP contribution is -2.52. The molecule has 24 rings (SSSR count). The van der Waals surface area contributed by atoms with Gasteiger partial charge in [0.05, 0.1) is 5.92 Å². The van der Waals surface area contributed by atoms with Crippen LogP contribution in [0.3, 0.4) is 0 Å². The number of para-hydroxylation sites is 1. The Morgan fingerprint density at radius 1 is 0.331 bits per heavy atom. The summed E-state index contributed by atoms with van der Waals surface area (Å²) in [6, 6.07) is 45.2. The Kier molecular flexibility index (Phi) is 30.5. The second kappa shape index (κ2) is 43.7. The number of rotatable bonds is 24. The second-order valence-corrected chi connectivity index (χ2v) is 42.4. The van der Waals surface area contributed by atoms with E-state index in [4.69, 9.17) is 14.7 Å². The van der Waals surface area contributed by atoms with E-state index in [1.165, 1.54) is 89.9 Å². The van der Waals surface area contributed by atoms with Crippen molar-refractivity contribution < 1.29 is 33.5 Å². The smallest absolute Gasteiger partial charge is 0.264 e. The highest BCUT2D eigenvalue weighted by Crippen LogP contribution is 2.62. The third-order valence-corrected chi connectivity index (χ3v) is 30.7. The molecule has 746 valence electrons. The fourth-order valence-corrected chi connectivity index (χ4v) is 21.1. The van der Waals surface area contributed by atoms with E-state index in [9.17, 15) is 28.8 Å². The molecule has 31 nitrogen and oxygen atoms in total. The first-order valence-corrected chi connectivity index (χ1v) is 52.3. The molecule has 31 heteroatoms. The van der Waals surface area contributed by atoms with Crippen LogP contribution in [-0.2, 0) is 28.8 Å². The Bertz CT molecular complexity index is 6870. The first kappa shape index (κ1) is 98.9. The molecular formula is C111H140N24O7. The Balaban J connectivity index is 0.000000113. The molecule has 142 heavy (non-hydrogen) atoms. The van der Waals surface area contributed by atoms with Gasteiger partial charge in [-0.1, -0.05) is 109 Å². The van der Waals surface area contributed by atoms with Gasteiger partial charge in [0.2, 0.25) is 65.2 Å². The summed E-state index contributed by atoms with van der Waals surface area (Å²) >= 11 is 0. The maximum atomic E-state index is 12.9. The summed E-state index contributed by atoms with van der Waals surface area (Å²) in [5.74, 6) is 7.19. The largest absolute Gasteiger partial charge is 0.484 e. The van der Waals surface area contributed by atoms with Gasteiger partial charge in [0.25, 0.3) is 5.91 Å². The summed E-state index contributed by atoms with van der Waals surface area (Å²) < 4.78 is 18.2. The van der Waals surface area contributed by atoms with Crippen molar-refractivity contribution in [2.75, 3.05) is 38.5 Å². The van der Waals surface area contributed by atoms with Crippen LogP contribution in [-0.4, -0.2) is 129 Å². The maximum absolute atomic E-state index is 12.9. The average molecular weight is 1920 g/mol. The van der Waals surface area contributed by atoms with Crippen molar-refractivity contribution in [1.82, 2.24) is 87.2 Å². The SMILES string of the molecule is Cc1ccc2nc(NC(=O)C(C)C)n(C3CCC3)c2n1.Cc1ccc2nc(NC(=O)C(C)c3ccccc3)n(C3CCC3)c2n1.Cc1ccc2nc(NC(=O)CC(C)C)n(C3CCC3)c2n1.Cc1ccc2nc(NC(=O)CC3CCC4CC3C4(C)C)n(C3CCC3)c2n1.Cc1ccc2nc(NC(=O)CC3CCCCC3)n(C3CCC3)c2n1.Cc1ccc2nc(NC(=O)COc3ccccc3)n(C3CCC3)c2n1. The molecule has 10 aliphatic rings. The number of carbonyl (C=O) groups is 6. The Labute approximate surface area is 830 Å². The zero-order chi connectivity index (χ0) is 99.1. The van der Waals surface area contributed by atoms with Gasteiger partial charge in [-0.3, -0.25) is 88.1 Å². The Morgan fingerprint density at radius 2 is 0.641 bits per heavy atom. The highest BCUT2D eigenvalue weighted by Gasteiger charge is 2.54. The van der Waals surface area contributed by atoms with Gasteiger partial charge in [0.15, 0.2) is 40.5 Å². The fourth-order valence-electron chi connectivity index (χ4n) is 21.1. The zero-order valence-corrected chi connectivity index (χ0v) is 84.8. The standard InChI is InChI=1S/C22H30N4O.C20H22N4O.C19H20N4O2.C19H26N4O.C16H22N4O.C15H20N4O/c1-13-7-10-18-20(23-13)26(16-5-4-6-16)21(24-18)25-19(27)11-14-8-9-15-12-17(14)22(15,2)3;1-13-11-12-17-18(21-13)24(16-9-6-10-16)20(22-17)23-19(25)14(2)15-7-4-3-5-8-15;1-13-10-11-16-18(20-13)23(14-6-5-7-14)19(21-16)22-17(24)12-25-15-8-3-2-4-9-15;1-13-10-11-16-18(20-13)23(15-8-5-9-15)19(21-16)22-17(24)12-14-6-3-2-4-7-14;1-10(2)9-14(21)19-16-18-13-8-7-11(3)17-15(13)20(16)12-5-4-6-12;1-9(2)14(20)18-15-17-12-8-7-10(3)16-13(12)19(15)11-5-4-6-11/h7,10,14-17H,4-6,8-9,11-12H2,1-3H3,(H,24,25,27);3-5,7-8,11-12,14,16H,6,9-10H2,1-2H3,(H,22,23,25);2-4,8-11,14H,5-7,12H2,1H3,(H,21,22,24);10-11,14-15H,2-9,12H2,1H3,(H,21,22,24);7-8,10,12H,4-6,9H2,1-3H3,(H,18,19,21);7-9,11H,4-6H2,1-3H3,(H,17,18,20). The van der Waals surface area contributed by atoms with E-state index in [1.54, 1.807) is 0 Å². The lowest BCUT2D eigenvalue weighted by Gasteiger charge is -2.60. The summed E-state index contributed by atoms with van der Waals surface area (Å²) in [5.41, 5.74) is 17.6. The molecule has 6 amide bonds. The minimum absolute atomic E-state index is 0.00222. The number of amides is 6. The van der Waals surface area contributed by atoms with E-state index in [0.717, 1.165) is 190 Å². The average Bonchev–Trinajstić information content (AvgIpc) is 1.72. The Hall–Kier alpha value is -13.2. The molecule has 2 bridgehead atoms. The Morgan fingerprint density at radius 3 is 0.951 bits per heavy atom. The molecule has 0 aliphatic heterocycles. The number of aryl methyl sites for hydroxylation is 6. The van der Waals surface area contributed by atoms with Gasteiger partial charge in [0.1, 0.15) is 38.8 Å². The molecule has 14 aromatic rings. The molecule has 12 heterocycles. The van der Waals surface area contributed by atoms with Crippen molar-refractivity contribution in [3.8, 4) is 5.75 Å². The molecular weight excluding hydrogens is 1780 g/mol.